The molecule has 0 aliphatic heterocycles. The third-order valence-electron chi connectivity index (χ3n) is 7.13. The molecule has 2 aromatic carbocycles. The van der Waals surface area contributed by atoms with E-state index in [4.69, 9.17) is 0 Å². The summed E-state index contributed by atoms with van der Waals surface area (Å²) in [5.74, 6) is 2.64. The predicted octanol–water partition coefficient (Wildman–Crippen LogP) is 5.77. The van der Waals surface area contributed by atoms with Gasteiger partial charge in [0.15, 0.2) is 0 Å². The van der Waals surface area contributed by atoms with Crippen LogP contribution in [0.4, 0.5) is 11.4 Å². The molecule has 0 saturated heterocycles. The maximum absolute atomic E-state index is 4.03. The van der Waals surface area contributed by atoms with Crippen molar-refractivity contribution in [3.8, 4) is 0 Å². The van der Waals surface area contributed by atoms with Crippen molar-refractivity contribution < 1.29 is 0 Å². The summed E-state index contributed by atoms with van der Waals surface area (Å²) in [7, 11) is 0. The summed E-state index contributed by atoms with van der Waals surface area (Å²) < 4.78 is 0. The van der Waals surface area contributed by atoms with E-state index in [-0.39, 0.29) is 5.54 Å². The first-order chi connectivity index (χ1) is 12.6. The van der Waals surface area contributed by atoms with E-state index in [1.54, 1.807) is 0 Å². The third-order valence-corrected chi connectivity index (χ3v) is 7.13. The largest absolute Gasteiger partial charge is 0.380 e. The van der Waals surface area contributed by atoms with Gasteiger partial charge in [0, 0.05) is 11.4 Å². The molecule has 2 N–H and O–H groups in total. The number of anilines is 2. The smallest absolute Gasteiger partial charge is 0.0582 e. The van der Waals surface area contributed by atoms with Crippen molar-refractivity contribution in [3.63, 3.8) is 0 Å². The van der Waals surface area contributed by atoms with E-state index in [9.17, 15) is 0 Å². The molecule has 2 nitrogen and oxygen atoms in total. The van der Waals surface area contributed by atoms with E-state index in [1.165, 1.54) is 54.6 Å². The third kappa shape index (κ3) is 2.80. The topological polar surface area (TPSA) is 24.1 Å². The molecule has 2 aromatic rings. The SMILES string of the molecule is Cc1ccc(NC2C3CC4CC(C3)CC2(Nc2ccc(C)cc2)C4)cc1. The minimum absolute atomic E-state index is 0.203. The highest BCUT2D eigenvalue weighted by Crippen LogP contribution is 2.57. The Morgan fingerprint density at radius 1 is 0.731 bits per heavy atom. The van der Waals surface area contributed by atoms with Crippen LogP contribution in [-0.4, -0.2) is 11.6 Å². The van der Waals surface area contributed by atoms with Gasteiger partial charge in [0.2, 0.25) is 0 Å². The maximum atomic E-state index is 4.03. The number of aryl methyl sites for hydroxylation is 2. The minimum atomic E-state index is 0.203. The Hall–Kier alpha value is -1.96. The van der Waals surface area contributed by atoms with Crippen LogP contribution < -0.4 is 10.6 Å². The zero-order valence-electron chi connectivity index (χ0n) is 16.0. The quantitative estimate of drug-likeness (QED) is 0.734. The fourth-order valence-corrected chi connectivity index (χ4v) is 6.23. The lowest BCUT2D eigenvalue weighted by Gasteiger charge is -2.61. The molecule has 3 atom stereocenters. The lowest BCUT2D eigenvalue weighted by molar-refractivity contribution is -0.00142. The number of rotatable bonds is 4. The van der Waals surface area contributed by atoms with Gasteiger partial charge in [-0.1, -0.05) is 35.4 Å². The monoisotopic (exact) mass is 346 g/mol. The number of hydrogen-bond donors (Lipinski definition) is 2. The molecule has 6 rings (SSSR count). The van der Waals surface area contributed by atoms with Gasteiger partial charge in [0.25, 0.3) is 0 Å². The molecule has 0 heterocycles. The molecule has 4 saturated carbocycles. The molecule has 0 amide bonds. The van der Waals surface area contributed by atoms with Gasteiger partial charge >= 0.3 is 0 Å². The van der Waals surface area contributed by atoms with Gasteiger partial charge in [-0.2, -0.15) is 0 Å². The number of benzene rings is 2. The molecule has 3 unspecified atom stereocenters. The highest BCUT2D eigenvalue weighted by atomic mass is 15.1. The second kappa shape index (κ2) is 6.04. The summed E-state index contributed by atoms with van der Waals surface area (Å²) in [6.45, 7) is 4.32. The normalized spacial score (nSPS) is 34.7. The lowest BCUT2D eigenvalue weighted by atomic mass is 9.50. The molecule has 4 bridgehead atoms. The molecular weight excluding hydrogens is 316 g/mol. The van der Waals surface area contributed by atoms with Gasteiger partial charge in [0.05, 0.1) is 11.6 Å². The van der Waals surface area contributed by atoms with Gasteiger partial charge in [-0.15, -0.1) is 0 Å². The van der Waals surface area contributed by atoms with Gasteiger partial charge < -0.3 is 10.6 Å². The molecule has 4 aliphatic carbocycles. The van der Waals surface area contributed by atoms with Crippen LogP contribution in [0.2, 0.25) is 0 Å². The maximum Gasteiger partial charge on any atom is 0.0582 e. The standard InChI is InChI=1S/C24H30N2/c1-16-3-7-21(8-4-16)25-23-20-12-18-11-19(13-20)15-24(23,14-18)26-22-9-5-17(2)6-10-22/h3-10,18-20,23,25-26H,11-15H2,1-2H3. The van der Waals surface area contributed by atoms with Crippen molar-refractivity contribution >= 4 is 11.4 Å². The summed E-state index contributed by atoms with van der Waals surface area (Å²) in [4.78, 5) is 0. The molecule has 136 valence electrons. The van der Waals surface area contributed by atoms with E-state index in [0.717, 1.165) is 17.8 Å². The Balaban J connectivity index is 1.46. The van der Waals surface area contributed by atoms with Crippen molar-refractivity contribution in [1.82, 2.24) is 0 Å². The summed E-state index contributed by atoms with van der Waals surface area (Å²) in [6.07, 6.45) is 6.93. The van der Waals surface area contributed by atoms with Gasteiger partial charge in [-0.25, -0.2) is 0 Å². The average Bonchev–Trinajstić information content (AvgIpc) is 2.61. The van der Waals surface area contributed by atoms with Gasteiger partial charge in [-0.05, 0) is 88.0 Å². The second-order valence-corrected chi connectivity index (χ2v) is 9.24. The highest BCUT2D eigenvalue weighted by Gasteiger charge is 2.57. The molecule has 4 fully saturated rings. The zero-order chi connectivity index (χ0) is 17.7. The van der Waals surface area contributed by atoms with Crippen LogP contribution >= 0.6 is 0 Å². The Morgan fingerprint density at radius 2 is 1.27 bits per heavy atom. The van der Waals surface area contributed by atoms with Crippen LogP contribution in [-0.2, 0) is 0 Å². The van der Waals surface area contributed by atoms with E-state index in [2.05, 4.69) is 73.0 Å². The Kier molecular flexibility index (Phi) is 3.77. The molecule has 2 heteroatoms. The van der Waals surface area contributed by atoms with E-state index in [1.807, 2.05) is 0 Å². The fourth-order valence-electron chi connectivity index (χ4n) is 6.23. The first kappa shape index (κ1) is 16.2. The van der Waals surface area contributed by atoms with Crippen molar-refractivity contribution in [3.05, 3.63) is 59.7 Å². The van der Waals surface area contributed by atoms with Crippen LogP contribution in [0.15, 0.2) is 48.5 Å². The summed E-state index contributed by atoms with van der Waals surface area (Å²) in [5.41, 5.74) is 5.42. The van der Waals surface area contributed by atoms with Crippen molar-refractivity contribution in [1.29, 1.82) is 0 Å². The molecule has 4 aliphatic rings. The number of nitrogens with one attached hydrogen (secondary N) is 2. The summed E-state index contributed by atoms with van der Waals surface area (Å²) >= 11 is 0. The van der Waals surface area contributed by atoms with E-state index in [0.29, 0.717) is 6.04 Å². The van der Waals surface area contributed by atoms with Gasteiger partial charge in [-0.3, -0.25) is 0 Å². The first-order valence-electron chi connectivity index (χ1n) is 10.3. The van der Waals surface area contributed by atoms with Crippen LogP contribution in [0.3, 0.4) is 0 Å². The summed E-state index contributed by atoms with van der Waals surface area (Å²) in [6, 6.07) is 18.4. The van der Waals surface area contributed by atoms with E-state index < -0.39 is 0 Å². The molecule has 0 spiro atoms. The van der Waals surface area contributed by atoms with Crippen LogP contribution in [0.1, 0.15) is 43.2 Å². The Labute approximate surface area is 157 Å². The average molecular weight is 347 g/mol. The molecule has 26 heavy (non-hydrogen) atoms. The minimum Gasteiger partial charge on any atom is -0.380 e. The van der Waals surface area contributed by atoms with Crippen molar-refractivity contribution in [2.75, 3.05) is 10.6 Å². The molecule has 0 aromatic heterocycles. The Morgan fingerprint density at radius 3 is 1.85 bits per heavy atom. The van der Waals surface area contributed by atoms with Crippen molar-refractivity contribution in [2.45, 2.75) is 57.5 Å². The number of hydrogen-bond acceptors (Lipinski definition) is 2. The van der Waals surface area contributed by atoms with E-state index >= 15 is 0 Å². The Bertz CT molecular complexity index is 763. The first-order valence-corrected chi connectivity index (χ1v) is 10.3. The fraction of sp³-hybridized carbons (Fsp3) is 0.500. The van der Waals surface area contributed by atoms with Crippen molar-refractivity contribution in [2.24, 2.45) is 17.8 Å². The van der Waals surface area contributed by atoms with Crippen LogP contribution in [0, 0.1) is 31.6 Å². The lowest BCUT2D eigenvalue weighted by Crippen LogP contribution is -2.66. The predicted molar refractivity (Wildman–Crippen MR) is 110 cm³/mol. The summed E-state index contributed by atoms with van der Waals surface area (Å²) in [5, 5.41) is 7.99. The van der Waals surface area contributed by atoms with Crippen LogP contribution in [0.5, 0.6) is 0 Å². The second-order valence-electron chi connectivity index (χ2n) is 9.24. The highest BCUT2D eigenvalue weighted by molar-refractivity contribution is 5.52. The molecular formula is C24H30N2. The zero-order valence-corrected chi connectivity index (χ0v) is 16.0. The van der Waals surface area contributed by atoms with Gasteiger partial charge in [0.1, 0.15) is 0 Å². The van der Waals surface area contributed by atoms with Crippen LogP contribution in [0.25, 0.3) is 0 Å². The molecule has 0 radical (unpaired) electrons.